The number of thiazole rings is 1. The fourth-order valence-corrected chi connectivity index (χ4v) is 4.60. The van der Waals surface area contributed by atoms with Gasteiger partial charge in [0.15, 0.2) is 10.6 Å². The maximum Gasteiger partial charge on any atom is 0.190 e. The third-order valence-corrected chi connectivity index (χ3v) is 5.95. The molecule has 1 aromatic heterocycles. The molecule has 1 saturated heterocycles. The van der Waals surface area contributed by atoms with Gasteiger partial charge in [0.1, 0.15) is 11.5 Å². The Hall–Kier alpha value is -1.73. The van der Waals surface area contributed by atoms with Crippen molar-refractivity contribution in [3.05, 3.63) is 68.3 Å². The average molecular weight is 441 g/mol. The molecular formula is C20H16Cl2F2N2OS. The van der Waals surface area contributed by atoms with Gasteiger partial charge in [-0.3, -0.25) is 0 Å². The molecular weight excluding hydrogens is 425 g/mol. The molecule has 28 heavy (non-hydrogen) atoms. The first kappa shape index (κ1) is 19.6. The molecule has 0 spiro atoms. The van der Waals surface area contributed by atoms with E-state index in [9.17, 15) is 8.78 Å². The summed E-state index contributed by atoms with van der Waals surface area (Å²) in [5.41, 5.74) is 1.74. The molecule has 0 radical (unpaired) electrons. The maximum atomic E-state index is 14.1. The molecule has 2 aromatic carbocycles. The third kappa shape index (κ3) is 4.15. The summed E-state index contributed by atoms with van der Waals surface area (Å²) in [6, 6.07) is 8.65. The van der Waals surface area contributed by atoms with Gasteiger partial charge in [-0.25, -0.2) is 13.8 Å². The zero-order valence-corrected chi connectivity index (χ0v) is 17.0. The number of hydrogen-bond acceptors (Lipinski definition) is 3. The molecule has 0 aliphatic carbocycles. The van der Waals surface area contributed by atoms with E-state index in [0.29, 0.717) is 21.4 Å². The first-order valence-corrected chi connectivity index (χ1v) is 10.4. The standard InChI is InChI=1S/C20H16Cl2F2N2OS/c21-12-3-5-15(16(22)8-12)19-11-28-20(26(19)10-14-2-1-7-27-14)25-18-6-4-13(23)9-17(18)24/h3-6,8-9,11,14H,1-2,7,10H2. The fraction of sp³-hybridized carbons (Fsp3) is 0.250. The van der Waals surface area contributed by atoms with Crippen LogP contribution in [0.25, 0.3) is 11.3 Å². The minimum absolute atomic E-state index is 0.0523. The quantitative estimate of drug-likeness (QED) is 0.473. The van der Waals surface area contributed by atoms with Crippen molar-refractivity contribution in [3.8, 4) is 11.3 Å². The van der Waals surface area contributed by atoms with Crippen molar-refractivity contribution < 1.29 is 13.5 Å². The van der Waals surface area contributed by atoms with Gasteiger partial charge in [0, 0.05) is 28.6 Å². The van der Waals surface area contributed by atoms with Crippen molar-refractivity contribution >= 4 is 40.2 Å². The summed E-state index contributed by atoms with van der Waals surface area (Å²) in [7, 11) is 0. The lowest BCUT2D eigenvalue weighted by molar-refractivity contribution is 0.0968. The van der Waals surface area contributed by atoms with Crippen molar-refractivity contribution in [1.29, 1.82) is 0 Å². The van der Waals surface area contributed by atoms with Crippen LogP contribution in [-0.4, -0.2) is 17.3 Å². The van der Waals surface area contributed by atoms with Crippen LogP contribution in [0, 0.1) is 11.6 Å². The third-order valence-electron chi connectivity index (χ3n) is 4.54. The lowest BCUT2D eigenvalue weighted by atomic mass is 10.1. The van der Waals surface area contributed by atoms with Gasteiger partial charge >= 0.3 is 0 Å². The predicted octanol–water partition coefficient (Wildman–Crippen LogP) is 6.21. The van der Waals surface area contributed by atoms with Gasteiger partial charge in [0.25, 0.3) is 0 Å². The van der Waals surface area contributed by atoms with Crippen LogP contribution in [0.1, 0.15) is 12.8 Å². The summed E-state index contributed by atoms with van der Waals surface area (Å²) in [6.45, 7) is 1.30. The zero-order chi connectivity index (χ0) is 19.7. The lowest BCUT2D eigenvalue weighted by Gasteiger charge is -2.15. The van der Waals surface area contributed by atoms with E-state index in [-0.39, 0.29) is 11.8 Å². The predicted molar refractivity (Wildman–Crippen MR) is 108 cm³/mol. The molecule has 1 aliphatic rings. The Kier molecular flexibility index (Phi) is 5.83. The maximum absolute atomic E-state index is 14.1. The summed E-state index contributed by atoms with van der Waals surface area (Å²) in [4.78, 5) is 5.02. The molecule has 0 bridgehead atoms. The van der Waals surface area contributed by atoms with Gasteiger partial charge in [0.05, 0.1) is 23.4 Å². The molecule has 1 aliphatic heterocycles. The van der Waals surface area contributed by atoms with Crippen LogP contribution in [0.15, 0.2) is 46.8 Å². The second-order valence-electron chi connectivity index (χ2n) is 6.48. The molecule has 4 rings (SSSR count). The zero-order valence-electron chi connectivity index (χ0n) is 14.7. The van der Waals surface area contributed by atoms with Crippen LogP contribution in [0.2, 0.25) is 10.0 Å². The molecule has 0 saturated carbocycles. The van der Waals surface area contributed by atoms with Gasteiger partial charge in [0.2, 0.25) is 0 Å². The van der Waals surface area contributed by atoms with Crippen molar-refractivity contribution in [3.63, 3.8) is 0 Å². The summed E-state index contributed by atoms with van der Waals surface area (Å²) in [5.74, 6) is -1.34. The topological polar surface area (TPSA) is 26.5 Å². The molecule has 1 atom stereocenters. The van der Waals surface area contributed by atoms with Gasteiger partial charge in [-0.1, -0.05) is 23.2 Å². The molecule has 1 fully saturated rings. The van der Waals surface area contributed by atoms with Gasteiger partial charge in [-0.2, -0.15) is 0 Å². The number of benzene rings is 2. The Balaban J connectivity index is 1.84. The van der Waals surface area contributed by atoms with Crippen molar-refractivity contribution in [2.45, 2.75) is 25.5 Å². The monoisotopic (exact) mass is 440 g/mol. The van der Waals surface area contributed by atoms with Crippen molar-refractivity contribution in [2.24, 2.45) is 4.99 Å². The molecule has 8 heteroatoms. The van der Waals surface area contributed by atoms with Crippen molar-refractivity contribution in [2.75, 3.05) is 6.61 Å². The highest BCUT2D eigenvalue weighted by Gasteiger charge is 2.20. The van der Waals surface area contributed by atoms with Crippen LogP contribution < -0.4 is 4.80 Å². The molecule has 3 nitrogen and oxygen atoms in total. The highest BCUT2D eigenvalue weighted by Crippen LogP contribution is 2.31. The largest absolute Gasteiger partial charge is 0.376 e. The van der Waals surface area contributed by atoms with E-state index >= 15 is 0 Å². The number of halogens is 4. The average Bonchev–Trinajstić information content (AvgIpc) is 3.29. The summed E-state index contributed by atoms with van der Waals surface area (Å²) in [6.07, 6.45) is 2.00. The molecule has 0 amide bonds. The van der Waals surface area contributed by atoms with E-state index in [1.54, 1.807) is 12.1 Å². The number of rotatable bonds is 4. The number of aromatic nitrogens is 1. The Bertz CT molecular complexity index is 1070. The minimum Gasteiger partial charge on any atom is -0.376 e. The SMILES string of the molecule is Fc1ccc(N=c2scc(-c3ccc(Cl)cc3Cl)n2CC2CCCO2)c(F)c1. The van der Waals surface area contributed by atoms with Gasteiger partial charge < -0.3 is 9.30 Å². The highest BCUT2D eigenvalue weighted by molar-refractivity contribution is 7.07. The van der Waals surface area contributed by atoms with E-state index in [4.69, 9.17) is 27.9 Å². The second kappa shape index (κ2) is 8.33. The number of ether oxygens (including phenoxy) is 1. The molecule has 2 heterocycles. The van der Waals surface area contributed by atoms with Crippen LogP contribution in [0.5, 0.6) is 0 Å². The molecule has 0 N–H and O–H groups in total. The second-order valence-corrected chi connectivity index (χ2v) is 8.16. The van der Waals surface area contributed by atoms with Gasteiger partial charge in [-0.05, 0) is 43.2 Å². The van der Waals surface area contributed by atoms with E-state index < -0.39 is 11.6 Å². The first-order valence-electron chi connectivity index (χ1n) is 8.76. The Labute approximate surface area is 174 Å². The minimum atomic E-state index is -0.705. The molecule has 1 unspecified atom stereocenters. The molecule has 3 aromatic rings. The fourth-order valence-electron chi connectivity index (χ4n) is 3.17. The first-order chi connectivity index (χ1) is 13.5. The van der Waals surface area contributed by atoms with Crippen LogP contribution in [0.4, 0.5) is 14.5 Å². The summed E-state index contributed by atoms with van der Waals surface area (Å²) < 4.78 is 35.1. The van der Waals surface area contributed by atoms with E-state index in [1.807, 2.05) is 16.0 Å². The van der Waals surface area contributed by atoms with Gasteiger partial charge in [-0.15, -0.1) is 11.3 Å². The van der Waals surface area contributed by atoms with E-state index in [2.05, 4.69) is 4.99 Å². The highest BCUT2D eigenvalue weighted by atomic mass is 35.5. The summed E-state index contributed by atoms with van der Waals surface area (Å²) >= 11 is 13.8. The Morgan fingerprint density at radius 2 is 2.04 bits per heavy atom. The van der Waals surface area contributed by atoms with Crippen LogP contribution in [-0.2, 0) is 11.3 Å². The van der Waals surface area contributed by atoms with Crippen LogP contribution >= 0.6 is 34.5 Å². The lowest BCUT2D eigenvalue weighted by Crippen LogP contribution is -2.24. The van der Waals surface area contributed by atoms with E-state index in [0.717, 1.165) is 36.8 Å². The number of hydrogen-bond donors (Lipinski definition) is 0. The Morgan fingerprint density at radius 1 is 1.18 bits per heavy atom. The molecule has 146 valence electrons. The normalized spacial score (nSPS) is 17.4. The summed E-state index contributed by atoms with van der Waals surface area (Å²) in [5, 5.41) is 2.99. The number of nitrogens with zero attached hydrogens (tertiary/aromatic N) is 2. The Morgan fingerprint density at radius 3 is 2.75 bits per heavy atom. The van der Waals surface area contributed by atoms with Crippen molar-refractivity contribution in [1.82, 2.24) is 4.57 Å². The van der Waals surface area contributed by atoms with E-state index in [1.165, 1.54) is 23.5 Å². The smallest absolute Gasteiger partial charge is 0.190 e. The van der Waals surface area contributed by atoms with Crippen LogP contribution in [0.3, 0.4) is 0 Å².